The SMILES string of the molecule is CCCNC(=O)N(Cc1cncn1Cc1ccc(C#N)cc1)c1ccc(N2CCN(C(=O)S)CC2)cc1.O=C(CCCl)NCc1ccccc1. The van der Waals surface area contributed by atoms with Gasteiger partial charge in [0.15, 0.2) is 0 Å². The molecule has 0 aliphatic carbocycles. The van der Waals surface area contributed by atoms with E-state index in [4.69, 9.17) is 16.9 Å². The number of nitrogens with one attached hydrogen (secondary N) is 2. The van der Waals surface area contributed by atoms with E-state index in [2.05, 4.69) is 39.2 Å². The summed E-state index contributed by atoms with van der Waals surface area (Å²) < 4.78 is 2.01. The number of hydrogen-bond donors (Lipinski definition) is 3. The number of carbonyl (C=O) groups excluding carboxylic acids is 3. The van der Waals surface area contributed by atoms with Gasteiger partial charge < -0.3 is 25.0 Å². The first-order chi connectivity index (χ1) is 24.3. The average molecular weight is 715 g/mol. The molecule has 4 amide bonds. The molecule has 1 aliphatic heterocycles. The number of alkyl halides is 1. The molecule has 2 N–H and O–H groups in total. The van der Waals surface area contributed by atoms with Crippen LogP contribution >= 0.6 is 24.2 Å². The monoisotopic (exact) mass is 714 g/mol. The predicted octanol–water partition coefficient (Wildman–Crippen LogP) is 6.03. The highest BCUT2D eigenvalue weighted by Crippen LogP contribution is 2.24. The molecule has 11 nitrogen and oxygen atoms in total. The minimum Gasteiger partial charge on any atom is -0.368 e. The number of thiol groups is 1. The lowest BCUT2D eigenvalue weighted by Crippen LogP contribution is -2.47. The summed E-state index contributed by atoms with van der Waals surface area (Å²) in [5.74, 6) is 0.375. The maximum absolute atomic E-state index is 13.2. The van der Waals surface area contributed by atoms with E-state index in [-0.39, 0.29) is 17.2 Å². The molecule has 0 saturated carbocycles. The third-order valence-electron chi connectivity index (χ3n) is 8.06. The second kappa shape index (κ2) is 19.9. The van der Waals surface area contributed by atoms with Crippen molar-refractivity contribution in [1.29, 1.82) is 5.26 Å². The lowest BCUT2D eigenvalue weighted by atomic mass is 10.1. The van der Waals surface area contributed by atoms with E-state index in [9.17, 15) is 14.4 Å². The number of halogens is 1. The van der Waals surface area contributed by atoms with Gasteiger partial charge in [-0.1, -0.05) is 62.0 Å². The number of carbonyl (C=O) groups is 3. The lowest BCUT2D eigenvalue weighted by Gasteiger charge is -2.35. The molecule has 1 fully saturated rings. The number of benzene rings is 3. The summed E-state index contributed by atoms with van der Waals surface area (Å²) in [4.78, 5) is 45.7. The summed E-state index contributed by atoms with van der Waals surface area (Å²) in [5, 5.41) is 14.6. The zero-order valence-electron chi connectivity index (χ0n) is 28.2. The summed E-state index contributed by atoms with van der Waals surface area (Å²) in [6.07, 6.45) is 4.76. The fraction of sp³-hybridized carbons (Fsp3) is 0.324. The quantitative estimate of drug-likeness (QED) is 0.122. The molecule has 0 radical (unpaired) electrons. The van der Waals surface area contributed by atoms with Crippen molar-refractivity contribution >= 4 is 52.8 Å². The number of aromatic nitrogens is 2. The Bertz CT molecular complexity index is 1700. The number of hydrogen-bond acceptors (Lipinski definition) is 6. The normalized spacial score (nSPS) is 12.3. The summed E-state index contributed by atoms with van der Waals surface area (Å²) in [5.41, 5.74) is 5.50. The standard InChI is InChI=1S/C27H31N7O2S.C10H12ClNO/c1-2-11-30-26(35)34(19-25-17-29-20-33(25)18-22-5-3-21(16-28)4-6-22)24-9-7-23(8-10-24)31-12-14-32(15-13-31)27(36)37;11-7-6-10(13)12-8-9-4-2-1-3-5-9/h3-10,17,20H,2,11-15,18-19H2,1H3,(H,30,35)(H,36,37);1-5H,6-8H2,(H,12,13). The Balaban J connectivity index is 0.000000363. The third-order valence-corrected chi connectivity index (χ3v) is 8.53. The molecule has 2 heterocycles. The lowest BCUT2D eigenvalue weighted by molar-refractivity contribution is -0.120. The number of nitrogens with zero attached hydrogens (tertiary/aromatic N) is 6. The number of anilines is 2. The number of rotatable bonds is 12. The van der Waals surface area contributed by atoms with Crippen molar-refractivity contribution in [2.75, 3.05) is 48.4 Å². The van der Waals surface area contributed by atoms with E-state index >= 15 is 0 Å². The van der Waals surface area contributed by atoms with Crippen LogP contribution in [-0.4, -0.2) is 70.2 Å². The van der Waals surface area contributed by atoms with Gasteiger partial charge in [0.05, 0.1) is 30.2 Å². The third kappa shape index (κ3) is 11.6. The Hall–Kier alpha value is -4.99. The van der Waals surface area contributed by atoms with Gasteiger partial charge in [-0.25, -0.2) is 9.78 Å². The number of imidazole rings is 1. The molecule has 13 heteroatoms. The molecule has 50 heavy (non-hydrogen) atoms. The molecule has 0 spiro atoms. The summed E-state index contributed by atoms with van der Waals surface area (Å²) >= 11 is 9.34. The van der Waals surface area contributed by atoms with Crippen molar-refractivity contribution in [2.45, 2.75) is 39.4 Å². The van der Waals surface area contributed by atoms with Crippen LogP contribution in [-0.2, 0) is 24.4 Å². The van der Waals surface area contributed by atoms with Crippen molar-refractivity contribution in [3.05, 3.63) is 114 Å². The van der Waals surface area contributed by atoms with Crippen LogP contribution in [0.4, 0.5) is 21.0 Å². The van der Waals surface area contributed by atoms with E-state index in [1.165, 1.54) is 0 Å². The van der Waals surface area contributed by atoms with Gasteiger partial charge in [-0.3, -0.25) is 14.5 Å². The van der Waals surface area contributed by atoms with Gasteiger partial charge in [0.2, 0.25) is 5.91 Å². The molecule has 262 valence electrons. The summed E-state index contributed by atoms with van der Waals surface area (Å²) in [7, 11) is 0. The molecule has 1 saturated heterocycles. The minimum absolute atomic E-state index is 0.00106. The highest BCUT2D eigenvalue weighted by molar-refractivity contribution is 7.96. The maximum atomic E-state index is 13.2. The molecule has 1 aliphatic rings. The van der Waals surface area contributed by atoms with Crippen LogP contribution in [0.3, 0.4) is 0 Å². The molecule has 1 aromatic heterocycles. The molecule has 0 unspecified atom stereocenters. The molecular formula is C37H43ClN8O3S. The van der Waals surface area contributed by atoms with Crippen LogP contribution in [0.1, 0.15) is 42.1 Å². The van der Waals surface area contributed by atoms with Gasteiger partial charge in [0, 0.05) is 75.7 Å². The van der Waals surface area contributed by atoms with Crippen molar-refractivity contribution in [3.63, 3.8) is 0 Å². The molecular weight excluding hydrogens is 672 g/mol. The second-order valence-corrected chi connectivity index (χ2v) is 12.4. The number of piperazine rings is 1. The average Bonchev–Trinajstić information content (AvgIpc) is 3.59. The summed E-state index contributed by atoms with van der Waals surface area (Å²) in [6, 6.07) is 27.2. The van der Waals surface area contributed by atoms with Gasteiger partial charge in [-0.15, -0.1) is 11.6 Å². The molecule has 4 aromatic rings. The van der Waals surface area contributed by atoms with E-state index in [0.29, 0.717) is 57.1 Å². The van der Waals surface area contributed by atoms with Gasteiger partial charge in [-0.05, 0) is 53.9 Å². The Kier molecular flexibility index (Phi) is 15.0. The summed E-state index contributed by atoms with van der Waals surface area (Å²) in [6.45, 7) is 6.88. The number of amides is 4. The predicted molar refractivity (Wildman–Crippen MR) is 201 cm³/mol. The van der Waals surface area contributed by atoms with Gasteiger partial charge in [0.1, 0.15) is 0 Å². The minimum atomic E-state index is -0.192. The molecule has 5 rings (SSSR count). The molecule has 3 aromatic carbocycles. The van der Waals surface area contributed by atoms with Crippen LogP contribution in [0, 0.1) is 11.3 Å². The van der Waals surface area contributed by atoms with Crippen LogP contribution < -0.4 is 20.4 Å². The van der Waals surface area contributed by atoms with Gasteiger partial charge in [0.25, 0.3) is 5.24 Å². The van der Waals surface area contributed by atoms with Crippen molar-refractivity contribution in [3.8, 4) is 6.07 Å². The van der Waals surface area contributed by atoms with Crippen molar-refractivity contribution in [1.82, 2.24) is 25.1 Å². The van der Waals surface area contributed by atoms with E-state index < -0.39 is 0 Å². The van der Waals surface area contributed by atoms with Crippen LogP contribution in [0.25, 0.3) is 0 Å². The Morgan fingerprint density at radius 3 is 2.26 bits per heavy atom. The number of nitriles is 1. The van der Waals surface area contributed by atoms with E-state index in [0.717, 1.165) is 47.7 Å². The smallest absolute Gasteiger partial charge is 0.322 e. The Labute approximate surface area is 304 Å². The van der Waals surface area contributed by atoms with E-state index in [1.54, 1.807) is 34.5 Å². The van der Waals surface area contributed by atoms with Gasteiger partial charge >= 0.3 is 6.03 Å². The van der Waals surface area contributed by atoms with Crippen LogP contribution in [0.2, 0.25) is 0 Å². The highest BCUT2D eigenvalue weighted by atomic mass is 35.5. The molecule has 0 atom stereocenters. The van der Waals surface area contributed by atoms with Crippen molar-refractivity contribution < 1.29 is 14.4 Å². The Morgan fingerprint density at radius 1 is 0.940 bits per heavy atom. The fourth-order valence-corrected chi connectivity index (χ4v) is 5.61. The topological polar surface area (TPSA) is 127 Å². The first-order valence-electron chi connectivity index (χ1n) is 16.5. The zero-order chi connectivity index (χ0) is 35.7. The maximum Gasteiger partial charge on any atom is 0.322 e. The van der Waals surface area contributed by atoms with Gasteiger partial charge in [-0.2, -0.15) is 5.26 Å². The largest absolute Gasteiger partial charge is 0.368 e. The van der Waals surface area contributed by atoms with Crippen LogP contribution in [0.5, 0.6) is 0 Å². The van der Waals surface area contributed by atoms with Crippen molar-refractivity contribution in [2.24, 2.45) is 0 Å². The van der Waals surface area contributed by atoms with Crippen LogP contribution in [0.15, 0.2) is 91.4 Å². The number of urea groups is 1. The fourth-order valence-electron chi connectivity index (χ4n) is 5.24. The second-order valence-electron chi connectivity index (χ2n) is 11.6. The molecule has 0 bridgehead atoms. The van der Waals surface area contributed by atoms with E-state index in [1.807, 2.05) is 78.2 Å². The first-order valence-corrected chi connectivity index (χ1v) is 17.5. The highest BCUT2D eigenvalue weighted by Gasteiger charge is 2.21. The zero-order valence-corrected chi connectivity index (χ0v) is 29.8. The Morgan fingerprint density at radius 2 is 1.64 bits per heavy atom. The first kappa shape index (κ1) is 37.8.